The molecule has 20 heavy (non-hydrogen) atoms. The summed E-state index contributed by atoms with van der Waals surface area (Å²) in [5, 5.41) is 11.8. The van der Waals surface area contributed by atoms with Crippen molar-refractivity contribution in [3.63, 3.8) is 0 Å². The predicted octanol–water partition coefficient (Wildman–Crippen LogP) is 0.914. The molecule has 108 valence electrons. The van der Waals surface area contributed by atoms with Gasteiger partial charge in [0.1, 0.15) is 12.1 Å². The van der Waals surface area contributed by atoms with Gasteiger partial charge in [-0.25, -0.2) is 4.79 Å². The maximum atomic E-state index is 12.0. The lowest BCUT2D eigenvalue weighted by Crippen LogP contribution is -2.39. The van der Waals surface area contributed by atoms with E-state index in [9.17, 15) is 14.4 Å². The van der Waals surface area contributed by atoms with Crippen LogP contribution in [0.5, 0.6) is 0 Å². The summed E-state index contributed by atoms with van der Waals surface area (Å²) < 4.78 is 1.20. The van der Waals surface area contributed by atoms with Gasteiger partial charge in [0.05, 0.1) is 0 Å². The topological polar surface area (TPSA) is 88.4 Å². The highest BCUT2D eigenvalue weighted by atomic mass is 16.4. The molecule has 6 nitrogen and oxygen atoms in total. The second-order valence-corrected chi connectivity index (χ2v) is 5.13. The summed E-state index contributed by atoms with van der Waals surface area (Å²) in [6, 6.07) is 2.99. The molecule has 6 heteroatoms. The molecule has 2 N–H and O–H groups in total. The van der Waals surface area contributed by atoms with Gasteiger partial charge in [-0.15, -0.1) is 0 Å². The Morgan fingerprint density at radius 2 is 2.00 bits per heavy atom. The van der Waals surface area contributed by atoms with Crippen molar-refractivity contribution in [1.29, 1.82) is 0 Å². The second-order valence-electron chi connectivity index (χ2n) is 5.13. The number of hydrogen-bond acceptors (Lipinski definition) is 3. The Balaban J connectivity index is 2.15. The number of carbonyl (C=O) groups excluding carboxylic acids is 1. The third kappa shape index (κ3) is 3.07. The average molecular weight is 278 g/mol. The number of aromatic carboxylic acids is 1. The minimum atomic E-state index is -1.28. The molecule has 1 aromatic rings. The van der Waals surface area contributed by atoms with E-state index in [0.29, 0.717) is 5.69 Å². The minimum absolute atomic E-state index is 0.137. The first kappa shape index (κ1) is 14.3. The quantitative estimate of drug-likeness (QED) is 0.857. The number of carbonyl (C=O) groups is 2. The zero-order valence-corrected chi connectivity index (χ0v) is 11.4. The Morgan fingerprint density at radius 1 is 1.35 bits per heavy atom. The molecule has 1 heterocycles. The van der Waals surface area contributed by atoms with Crippen LogP contribution >= 0.6 is 0 Å². The summed E-state index contributed by atoms with van der Waals surface area (Å²) in [4.78, 5) is 34.9. The van der Waals surface area contributed by atoms with Crippen LogP contribution in [0.25, 0.3) is 0 Å². The molecule has 0 radical (unpaired) electrons. The van der Waals surface area contributed by atoms with Gasteiger partial charge in [-0.2, -0.15) is 0 Å². The number of nitrogens with one attached hydrogen (secondary N) is 1. The van der Waals surface area contributed by atoms with Crippen molar-refractivity contribution in [3.8, 4) is 0 Å². The monoisotopic (exact) mass is 278 g/mol. The predicted molar refractivity (Wildman–Crippen MR) is 72.8 cm³/mol. The number of rotatable bonds is 4. The lowest BCUT2D eigenvalue weighted by atomic mass is 10.2. The van der Waals surface area contributed by atoms with Crippen LogP contribution in [0.1, 0.15) is 41.7 Å². The zero-order valence-electron chi connectivity index (χ0n) is 11.4. The maximum absolute atomic E-state index is 12.0. The summed E-state index contributed by atoms with van der Waals surface area (Å²) in [7, 11) is 0. The Bertz CT molecular complexity index is 585. The van der Waals surface area contributed by atoms with Gasteiger partial charge < -0.3 is 15.0 Å². The molecule has 0 spiro atoms. The van der Waals surface area contributed by atoms with E-state index in [0.717, 1.165) is 25.7 Å². The van der Waals surface area contributed by atoms with E-state index >= 15 is 0 Å². The van der Waals surface area contributed by atoms with Crippen molar-refractivity contribution in [2.24, 2.45) is 0 Å². The summed E-state index contributed by atoms with van der Waals surface area (Å²) in [6.07, 6.45) is 4.15. The molecule has 2 rings (SSSR count). The Hall–Kier alpha value is -2.11. The first-order valence-electron chi connectivity index (χ1n) is 6.72. The fraction of sp³-hybridized carbons (Fsp3) is 0.500. The van der Waals surface area contributed by atoms with Crippen molar-refractivity contribution in [3.05, 3.63) is 33.7 Å². The standard InChI is InChI=1S/C14H18N2O4/c1-9-6-7-11(14(19)20)13(18)16(9)8-12(17)15-10-4-2-3-5-10/h6-7,10H,2-5,8H2,1H3,(H,15,17)(H,19,20). The highest BCUT2D eigenvalue weighted by Gasteiger charge is 2.19. The number of nitrogens with zero attached hydrogens (tertiary/aromatic N) is 1. The smallest absolute Gasteiger partial charge is 0.341 e. The maximum Gasteiger partial charge on any atom is 0.341 e. The summed E-state index contributed by atoms with van der Waals surface area (Å²) in [5.41, 5.74) is -0.384. The third-order valence-corrected chi connectivity index (χ3v) is 3.64. The zero-order chi connectivity index (χ0) is 14.7. The number of hydrogen-bond donors (Lipinski definition) is 2. The van der Waals surface area contributed by atoms with Crippen LogP contribution in [-0.4, -0.2) is 27.6 Å². The molecule has 1 amide bonds. The van der Waals surface area contributed by atoms with E-state index in [-0.39, 0.29) is 24.1 Å². The van der Waals surface area contributed by atoms with Gasteiger partial charge >= 0.3 is 5.97 Å². The first-order valence-corrected chi connectivity index (χ1v) is 6.72. The Labute approximate surface area is 116 Å². The van der Waals surface area contributed by atoms with Crippen LogP contribution in [0.4, 0.5) is 0 Å². The number of amides is 1. The third-order valence-electron chi connectivity index (χ3n) is 3.64. The highest BCUT2D eigenvalue weighted by Crippen LogP contribution is 2.17. The van der Waals surface area contributed by atoms with Crippen molar-refractivity contribution in [1.82, 2.24) is 9.88 Å². The number of aromatic nitrogens is 1. The van der Waals surface area contributed by atoms with Crippen LogP contribution < -0.4 is 10.9 Å². The Morgan fingerprint density at radius 3 is 2.60 bits per heavy atom. The van der Waals surface area contributed by atoms with Gasteiger partial charge in [0.2, 0.25) is 5.91 Å². The van der Waals surface area contributed by atoms with Crippen molar-refractivity contribution in [2.45, 2.75) is 45.2 Å². The van der Waals surface area contributed by atoms with Crippen LogP contribution in [-0.2, 0) is 11.3 Å². The number of aryl methyl sites for hydroxylation is 1. The summed E-state index contributed by atoms with van der Waals surface area (Å²) in [6.45, 7) is 1.54. The highest BCUT2D eigenvalue weighted by molar-refractivity contribution is 5.87. The molecule has 0 saturated heterocycles. The van der Waals surface area contributed by atoms with E-state index in [4.69, 9.17) is 5.11 Å². The molecular weight excluding hydrogens is 260 g/mol. The van der Waals surface area contributed by atoms with Crippen LogP contribution in [0.3, 0.4) is 0 Å². The SMILES string of the molecule is Cc1ccc(C(=O)O)c(=O)n1CC(=O)NC1CCCC1. The minimum Gasteiger partial charge on any atom is -0.477 e. The summed E-state index contributed by atoms with van der Waals surface area (Å²) in [5.74, 6) is -1.52. The van der Waals surface area contributed by atoms with Gasteiger partial charge in [0.25, 0.3) is 5.56 Å². The van der Waals surface area contributed by atoms with Gasteiger partial charge in [0.15, 0.2) is 0 Å². The first-order chi connectivity index (χ1) is 9.49. The normalized spacial score (nSPS) is 15.2. The molecule has 1 fully saturated rings. The van der Waals surface area contributed by atoms with Crippen LogP contribution in [0.2, 0.25) is 0 Å². The van der Waals surface area contributed by atoms with E-state index in [1.807, 2.05) is 0 Å². The number of pyridine rings is 1. The van der Waals surface area contributed by atoms with Crippen LogP contribution in [0, 0.1) is 6.92 Å². The van der Waals surface area contributed by atoms with Gasteiger partial charge in [-0.05, 0) is 31.9 Å². The molecule has 0 bridgehead atoms. The molecule has 0 aliphatic heterocycles. The molecule has 0 atom stereocenters. The lowest BCUT2D eigenvalue weighted by Gasteiger charge is -2.14. The molecule has 1 aromatic heterocycles. The summed E-state index contributed by atoms with van der Waals surface area (Å²) >= 11 is 0. The van der Waals surface area contributed by atoms with E-state index < -0.39 is 11.5 Å². The molecule has 1 aliphatic rings. The molecule has 0 aromatic carbocycles. The largest absolute Gasteiger partial charge is 0.477 e. The average Bonchev–Trinajstić information content (AvgIpc) is 2.86. The Kier molecular flexibility index (Phi) is 4.22. The lowest BCUT2D eigenvalue weighted by molar-refractivity contribution is -0.122. The molecular formula is C14H18N2O4. The van der Waals surface area contributed by atoms with Crippen LogP contribution in [0.15, 0.2) is 16.9 Å². The fourth-order valence-electron chi connectivity index (χ4n) is 2.52. The van der Waals surface area contributed by atoms with Crippen molar-refractivity contribution >= 4 is 11.9 Å². The van der Waals surface area contributed by atoms with E-state index in [1.165, 1.54) is 16.7 Å². The fourth-order valence-corrected chi connectivity index (χ4v) is 2.52. The van der Waals surface area contributed by atoms with E-state index in [1.54, 1.807) is 6.92 Å². The van der Waals surface area contributed by atoms with Crippen molar-refractivity contribution < 1.29 is 14.7 Å². The molecule has 1 aliphatic carbocycles. The molecule has 0 unspecified atom stereocenters. The van der Waals surface area contributed by atoms with E-state index in [2.05, 4.69) is 5.32 Å². The second kappa shape index (κ2) is 5.90. The van der Waals surface area contributed by atoms with Crippen molar-refractivity contribution in [2.75, 3.05) is 0 Å². The van der Waals surface area contributed by atoms with Gasteiger partial charge in [-0.3, -0.25) is 9.59 Å². The number of carboxylic acid groups (broad SMARTS) is 1. The van der Waals surface area contributed by atoms with Gasteiger partial charge in [-0.1, -0.05) is 12.8 Å². The number of carboxylic acids is 1. The van der Waals surface area contributed by atoms with Gasteiger partial charge in [0, 0.05) is 11.7 Å². The molecule has 1 saturated carbocycles.